The number of aromatic nitrogens is 2. The van der Waals surface area contributed by atoms with E-state index in [1.165, 1.54) is 5.56 Å². The predicted molar refractivity (Wildman–Crippen MR) is 98.6 cm³/mol. The Morgan fingerprint density at radius 1 is 1.00 bits per heavy atom. The van der Waals surface area contributed by atoms with Crippen molar-refractivity contribution in [2.24, 2.45) is 0 Å². The summed E-state index contributed by atoms with van der Waals surface area (Å²) < 4.78 is 2.08. The Bertz CT molecular complexity index is 890. The highest BCUT2D eigenvalue weighted by atomic mass is 16.4. The van der Waals surface area contributed by atoms with E-state index in [1.54, 1.807) is 0 Å². The standard InChI is InChI=1S/C21H21N3O2/c25-21(26)20-11-19-18(14-23(20)12-16-7-3-1-4-8-16)22-15-24(19)13-17-9-5-2-6-10-17/h1-10,15,20H,11-14H2,(H,25,26)/t20-/m1/s1. The highest BCUT2D eigenvalue weighted by molar-refractivity contribution is 5.74. The van der Waals surface area contributed by atoms with Gasteiger partial charge < -0.3 is 9.67 Å². The van der Waals surface area contributed by atoms with Gasteiger partial charge in [-0.25, -0.2) is 4.98 Å². The van der Waals surface area contributed by atoms with E-state index >= 15 is 0 Å². The second kappa shape index (κ2) is 7.14. The average molecular weight is 347 g/mol. The fourth-order valence-electron chi connectivity index (χ4n) is 3.58. The monoisotopic (exact) mass is 347 g/mol. The molecular formula is C21H21N3O2. The molecule has 5 heteroatoms. The first-order valence-corrected chi connectivity index (χ1v) is 8.78. The van der Waals surface area contributed by atoms with Crippen LogP contribution >= 0.6 is 0 Å². The topological polar surface area (TPSA) is 58.4 Å². The molecular weight excluding hydrogens is 326 g/mol. The predicted octanol–water partition coefficient (Wildman–Crippen LogP) is 2.94. The first-order valence-electron chi connectivity index (χ1n) is 8.78. The van der Waals surface area contributed by atoms with Gasteiger partial charge in [-0.1, -0.05) is 60.7 Å². The third kappa shape index (κ3) is 3.39. The molecule has 26 heavy (non-hydrogen) atoms. The van der Waals surface area contributed by atoms with Crippen molar-refractivity contribution in [2.45, 2.75) is 32.1 Å². The summed E-state index contributed by atoms with van der Waals surface area (Å²) in [6.07, 6.45) is 2.31. The average Bonchev–Trinajstić information content (AvgIpc) is 3.04. The van der Waals surface area contributed by atoms with Crippen LogP contribution in [-0.2, 0) is 30.8 Å². The first-order chi connectivity index (χ1) is 12.7. The number of imidazole rings is 1. The molecule has 5 nitrogen and oxygen atoms in total. The van der Waals surface area contributed by atoms with Gasteiger partial charge in [0.2, 0.25) is 0 Å². The summed E-state index contributed by atoms with van der Waals surface area (Å²) in [5.74, 6) is -0.779. The van der Waals surface area contributed by atoms with E-state index in [-0.39, 0.29) is 0 Å². The minimum atomic E-state index is -0.779. The van der Waals surface area contributed by atoms with Gasteiger partial charge in [0.15, 0.2) is 0 Å². The minimum absolute atomic E-state index is 0.477. The Morgan fingerprint density at radius 3 is 2.23 bits per heavy atom. The smallest absolute Gasteiger partial charge is 0.321 e. The van der Waals surface area contributed by atoms with E-state index in [0.717, 1.165) is 17.0 Å². The van der Waals surface area contributed by atoms with Gasteiger partial charge in [0.25, 0.3) is 0 Å². The lowest BCUT2D eigenvalue weighted by Crippen LogP contribution is -2.45. The summed E-state index contributed by atoms with van der Waals surface area (Å²) in [6, 6.07) is 19.6. The Hall–Kier alpha value is -2.92. The van der Waals surface area contributed by atoms with Crippen molar-refractivity contribution in [3.8, 4) is 0 Å². The van der Waals surface area contributed by atoms with Gasteiger partial charge in [0.1, 0.15) is 6.04 Å². The van der Waals surface area contributed by atoms with E-state index in [1.807, 2.05) is 59.8 Å². The molecule has 2 aromatic carbocycles. The zero-order valence-corrected chi connectivity index (χ0v) is 14.5. The van der Waals surface area contributed by atoms with Crippen LogP contribution in [0.4, 0.5) is 0 Å². The van der Waals surface area contributed by atoms with Gasteiger partial charge in [-0.3, -0.25) is 9.69 Å². The molecule has 0 amide bonds. The molecule has 0 fully saturated rings. The maximum Gasteiger partial charge on any atom is 0.321 e. The Labute approximate surface area is 152 Å². The van der Waals surface area contributed by atoms with Gasteiger partial charge in [-0.15, -0.1) is 0 Å². The molecule has 1 aromatic heterocycles. The maximum absolute atomic E-state index is 11.9. The second-order valence-corrected chi connectivity index (χ2v) is 6.70. The maximum atomic E-state index is 11.9. The van der Waals surface area contributed by atoms with Crippen molar-refractivity contribution in [3.05, 3.63) is 89.5 Å². The summed E-state index contributed by atoms with van der Waals surface area (Å²) in [5, 5.41) is 9.76. The molecule has 1 aliphatic rings. The molecule has 0 radical (unpaired) electrons. The molecule has 0 saturated carbocycles. The molecule has 4 rings (SSSR count). The lowest BCUT2D eigenvalue weighted by Gasteiger charge is -2.33. The summed E-state index contributed by atoms with van der Waals surface area (Å²) in [6.45, 7) is 1.89. The third-order valence-corrected chi connectivity index (χ3v) is 4.92. The van der Waals surface area contributed by atoms with Crippen molar-refractivity contribution in [3.63, 3.8) is 0 Å². The summed E-state index contributed by atoms with van der Waals surface area (Å²) in [4.78, 5) is 18.5. The van der Waals surface area contributed by atoms with Crippen molar-refractivity contribution in [2.75, 3.05) is 0 Å². The fraction of sp³-hybridized carbons (Fsp3) is 0.238. The van der Waals surface area contributed by atoms with Gasteiger partial charge in [-0.05, 0) is 11.1 Å². The van der Waals surface area contributed by atoms with E-state index < -0.39 is 12.0 Å². The zero-order valence-electron chi connectivity index (χ0n) is 14.5. The molecule has 1 aliphatic heterocycles. The van der Waals surface area contributed by atoms with Gasteiger partial charge >= 0.3 is 5.97 Å². The number of rotatable bonds is 5. The molecule has 3 aromatic rings. The highest BCUT2D eigenvalue weighted by Gasteiger charge is 2.34. The summed E-state index contributed by atoms with van der Waals surface area (Å²) in [7, 11) is 0. The number of hydrogen-bond acceptors (Lipinski definition) is 3. The number of hydrogen-bond donors (Lipinski definition) is 1. The first kappa shape index (κ1) is 16.5. The number of carbonyl (C=O) groups is 1. The molecule has 132 valence electrons. The van der Waals surface area contributed by atoms with E-state index in [4.69, 9.17) is 0 Å². The normalized spacial score (nSPS) is 17.0. The van der Waals surface area contributed by atoms with Crippen LogP contribution in [-0.4, -0.2) is 31.6 Å². The number of benzene rings is 2. The lowest BCUT2D eigenvalue weighted by atomic mass is 10.0. The SMILES string of the molecule is O=C(O)[C@H]1Cc2c(ncn2Cc2ccccc2)CN1Cc1ccccc1. The van der Waals surface area contributed by atoms with E-state index in [2.05, 4.69) is 21.7 Å². The highest BCUT2D eigenvalue weighted by Crippen LogP contribution is 2.25. The van der Waals surface area contributed by atoms with E-state index in [9.17, 15) is 9.90 Å². The number of carboxylic acids is 1. The largest absolute Gasteiger partial charge is 0.480 e. The van der Waals surface area contributed by atoms with Crippen molar-refractivity contribution < 1.29 is 9.90 Å². The van der Waals surface area contributed by atoms with Crippen LogP contribution in [0.3, 0.4) is 0 Å². The Morgan fingerprint density at radius 2 is 1.62 bits per heavy atom. The number of nitrogens with zero attached hydrogens (tertiary/aromatic N) is 3. The molecule has 0 aliphatic carbocycles. The van der Waals surface area contributed by atoms with Crippen molar-refractivity contribution in [1.29, 1.82) is 0 Å². The number of carboxylic acid groups (broad SMARTS) is 1. The summed E-state index contributed by atoms with van der Waals surface area (Å²) >= 11 is 0. The minimum Gasteiger partial charge on any atom is -0.480 e. The van der Waals surface area contributed by atoms with Crippen LogP contribution in [0.15, 0.2) is 67.0 Å². The molecule has 0 unspecified atom stereocenters. The van der Waals surface area contributed by atoms with Gasteiger partial charge in [0, 0.05) is 31.7 Å². The van der Waals surface area contributed by atoms with E-state index in [0.29, 0.717) is 26.1 Å². The molecule has 0 saturated heterocycles. The third-order valence-electron chi connectivity index (χ3n) is 4.92. The Kier molecular flexibility index (Phi) is 4.54. The Balaban J connectivity index is 1.59. The van der Waals surface area contributed by atoms with Crippen molar-refractivity contribution >= 4 is 5.97 Å². The van der Waals surface area contributed by atoms with Crippen LogP contribution < -0.4 is 0 Å². The number of fused-ring (bicyclic) bond motifs is 1. The summed E-state index contributed by atoms with van der Waals surface area (Å²) in [5.41, 5.74) is 4.32. The van der Waals surface area contributed by atoms with Crippen LogP contribution in [0.5, 0.6) is 0 Å². The molecule has 2 heterocycles. The van der Waals surface area contributed by atoms with Crippen molar-refractivity contribution in [1.82, 2.24) is 14.5 Å². The second-order valence-electron chi connectivity index (χ2n) is 6.70. The van der Waals surface area contributed by atoms with Crippen LogP contribution in [0.2, 0.25) is 0 Å². The fourth-order valence-corrected chi connectivity index (χ4v) is 3.58. The molecule has 0 spiro atoms. The molecule has 1 N–H and O–H groups in total. The quantitative estimate of drug-likeness (QED) is 0.771. The van der Waals surface area contributed by atoms with Gasteiger partial charge in [0.05, 0.1) is 12.0 Å². The zero-order chi connectivity index (χ0) is 17.9. The lowest BCUT2D eigenvalue weighted by molar-refractivity contribution is -0.144. The van der Waals surface area contributed by atoms with Crippen LogP contribution in [0, 0.1) is 0 Å². The number of aliphatic carboxylic acids is 1. The molecule has 1 atom stereocenters. The van der Waals surface area contributed by atoms with Crippen LogP contribution in [0.1, 0.15) is 22.5 Å². The van der Waals surface area contributed by atoms with Gasteiger partial charge in [-0.2, -0.15) is 0 Å². The van der Waals surface area contributed by atoms with Crippen LogP contribution in [0.25, 0.3) is 0 Å². The molecule has 0 bridgehead atoms.